The van der Waals surface area contributed by atoms with Crippen LogP contribution in [0, 0.1) is 11.8 Å². The smallest absolute Gasteiger partial charge is 0.240 e. The van der Waals surface area contributed by atoms with E-state index in [2.05, 4.69) is 4.90 Å². The Morgan fingerprint density at radius 2 is 1.94 bits per heavy atom. The third-order valence-electron chi connectivity index (χ3n) is 4.30. The summed E-state index contributed by atoms with van der Waals surface area (Å²) in [7, 11) is 0. The Morgan fingerprint density at radius 1 is 1.25 bits per heavy atom. The Kier molecular flexibility index (Phi) is 3.53. The van der Waals surface area contributed by atoms with Crippen molar-refractivity contribution in [3.63, 3.8) is 0 Å². The van der Waals surface area contributed by atoms with Crippen LogP contribution in [0.25, 0.3) is 0 Å². The van der Waals surface area contributed by atoms with Crippen LogP contribution in [0.4, 0.5) is 0 Å². The van der Waals surface area contributed by atoms with E-state index in [-0.39, 0.29) is 17.9 Å². The number of hydrogen-bond acceptors (Lipinski definition) is 2. The molecule has 0 aromatic carbocycles. The number of hydrogen-bond donors (Lipinski definition) is 1. The summed E-state index contributed by atoms with van der Waals surface area (Å²) in [5.74, 6) is 1.19. The van der Waals surface area contributed by atoms with Gasteiger partial charge in [0.25, 0.3) is 0 Å². The van der Waals surface area contributed by atoms with Crippen LogP contribution in [0.3, 0.4) is 0 Å². The number of carbonyl (C=O) groups excluding carboxylic acids is 1. The molecule has 0 aromatic heterocycles. The summed E-state index contributed by atoms with van der Waals surface area (Å²) in [4.78, 5) is 14.3. The first kappa shape index (κ1) is 11.9. The molecule has 92 valence electrons. The first-order valence-electron chi connectivity index (χ1n) is 6.67. The van der Waals surface area contributed by atoms with Gasteiger partial charge < -0.3 is 10.6 Å². The molecule has 2 rings (SSSR count). The molecule has 1 heterocycles. The number of carbonyl (C=O) groups is 1. The molecule has 3 atom stereocenters. The lowest BCUT2D eigenvalue weighted by molar-refractivity contribution is -0.135. The summed E-state index contributed by atoms with van der Waals surface area (Å²) in [6, 6.07) is 0.201. The number of amides is 1. The molecular formula is C13H24N2O. The monoisotopic (exact) mass is 224 g/mol. The SMILES string of the molecule is CC(C)[C@@H](N)C(=O)N1CCC2CCCCC21. The first-order valence-corrected chi connectivity index (χ1v) is 6.67. The van der Waals surface area contributed by atoms with Crippen molar-refractivity contribution in [2.24, 2.45) is 17.6 Å². The average Bonchev–Trinajstić information content (AvgIpc) is 2.70. The predicted octanol–water partition coefficient (Wildman–Crippen LogP) is 1.76. The van der Waals surface area contributed by atoms with E-state index in [0.29, 0.717) is 6.04 Å². The number of nitrogens with zero attached hydrogens (tertiary/aromatic N) is 1. The van der Waals surface area contributed by atoms with E-state index in [0.717, 1.165) is 12.5 Å². The van der Waals surface area contributed by atoms with Crippen molar-refractivity contribution in [1.29, 1.82) is 0 Å². The molecule has 2 fully saturated rings. The predicted molar refractivity (Wildman–Crippen MR) is 64.9 cm³/mol. The van der Waals surface area contributed by atoms with Crippen LogP contribution in [0.2, 0.25) is 0 Å². The highest BCUT2D eigenvalue weighted by molar-refractivity contribution is 5.82. The highest BCUT2D eigenvalue weighted by atomic mass is 16.2. The Labute approximate surface area is 98.4 Å². The number of nitrogens with two attached hydrogens (primary N) is 1. The van der Waals surface area contributed by atoms with Crippen molar-refractivity contribution in [3.05, 3.63) is 0 Å². The lowest BCUT2D eigenvalue weighted by atomic mass is 9.85. The third-order valence-corrected chi connectivity index (χ3v) is 4.30. The lowest BCUT2D eigenvalue weighted by Crippen LogP contribution is -2.49. The molecule has 0 aromatic rings. The summed E-state index contributed by atoms with van der Waals surface area (Å²) in [5.41, 5.74) is 5.97. The van der Waals surface area contributed by atoms with Gasteiger partial charge in [0.2, 0.25) is 5.91 Å². The van der Waals surface area contributed by atoms with Crippen LogP contribution in [0.15, 0.2) is 0 Å². The fourth-order valence-electron chi connectivity index (χ4n) is 3.16. The van der Waals surface area contributed by atoms with Gasteiger partial charge in [0.1, 0.15) is 0 Å². The Balaban J connectivity index is 2.02. The van der Waals surface area contributed by atoms with Crippen molar-refractivity contribution in [2.75, 3.05) is 6.54 Å². The highest BCUT2D eigenvalue weighted by Gasteiger charge is 2.39. The van der Waals surface area contributed by atoms with E-state index in [9.17, 15) is 4.79 Å². The summed E-state index contributed by atoms with van der Waals surface area (Å²) >= 11 is 0. The molecule has 2 N–H and O–H groups in total. The molecule has 2 unspecified atom stereocenters. The quantitative estimate of drug-likeness (QED) is 0.777. The number of rotatable bonds is 2. The molecule has 1 saturated heterocycles. The van der Waals surface area contributed by atoms with Gasteiger partial charge in [0.15, 0.2) is 0 Å². The van der Waals surface area contributed by atoms with Crippen molar-refractivity contribution in [2.45, 2.75) is 58.0 Å². The van der Waals surface area contributed by atoms with E-state index in [1.54, 1.807) is 0 Å². The molecule has 3 heteroatoms. The van der Waals surface area contributed by atoms with Crippen LogP contribution in [0.1, 0.15) is 46.0 Å². The van der Waals surface area contributed by atoms with E-state index < -0.39 is 0 Å². The second-order valence-electron chi connectivity index (χ2n) is 5.70. The average molecular weight is 224 g/mol. The Morgan fingerprint density at radius 3 is 2.62 bits per heavy atom. The summed E-state index contributed by atoms with van der Waals surface area (Å²) in [6.45, 7) is 4.99. The molecule has 0 bridgehead atoms. The molecule has 1 aliphatic carbocycles. The van der Waals surface area contributed by atoms with Gasteiger partial charge in [0, 0.05) is 12.6 Å². The van der Waals surface area contributed by atoms with Crippen LogP contribution in [-0.2, 0) is 4.79 Å². The maximum absolute atomic E-state index is 12.2. The zero-order valence-electron chi connectivity index (χ0n) is 10.5. The maximum Gasteiger partial charge on any atom is 0.240 e. The van der Waals surface area contributed by atoms with Crippen LogP contribution < -0.4 is 5.73 Å². The van der Waals surface area contributed by atoms with Crippen molar-refractivity contribution in [1.82, 2.24) is 4.90 Å². The van der Waals surface area contributed by atoms with E-state index in [1.807, 2.05) is 13.8 Å². The third kappa shape index (κ3) is 2.10. The minimum atomic E-state index is -0.305. The molecular weight excluding hydrogens is 200 g/mol. The summed E-state index contributed by atoms with van der Waals surface area (Å²) < 4.78 is 0. The molecule has 16 heavy (non-hydrogen) atoms. The highest BCUT2D eigenvalue weighted by Crippen LogP contribution is 2.36. The second kappa shape index (κ2) is 4.74. The van der Waals surface area contributed by atoms with Gasteiger partial charge in [0.05, 0.1) is 6.04 Å². The van der Waals surface area contributed by atoms with Gasteiger partial charge in [-0.1, -0.05) is 26.7 Å². The van der Waals surface area contributed by atoms with Crippen LogP contribution >= 0.6 is 0 Å². The Bertz CT molecular complexity index is 265. The van der Waals surface area contributed by atoms with Gasteiger partial charge in [-0.3, -0.25) is 4.79 Å². The normalized spacial score (nSPS) is 31.6. The van der Waals surface area contributed by atoms with Crippen molar-refractivity contribution in [3.8, 4) is 0 Å². The van der Waals surface area contributed by atoms with Crippen molar-refractivity contribution < 1.29 is 4.79 Å². The largest absolute Gasteiger partial charge is 0.338 e. The standard InChI is InChI=1S/C13H24N2O/c1-9(2)12(14)13(16)15-8-7-10-5-3-4-6-11(10)15/h9-12H,3-8,14H2,1-2H3/t10?,11?,12-/m1/s1. The molecule has 0 spiro atoms. The molecule has 1 saturated carbocycles. The topological polar surface area (TPSA) is 46.3 Å². The molecule has 2 aliphatic rings. The zero-order valence-corrected chi connectivity index (χ0v) is 10.5. The van der Waals surface area contributed by atoms with Gasteiger partial charge in [-0.15, -0.1) is 0 Å². The fraction of sp³-hybridized carbons (Fsp3) is 0.923. The first-order chi connectivity index (χ1) is 7.61. The van der Waals surface area contributed by atoms with Gasteiger partial charge >= 0.3 is 0 Å². The molecule has 1 amide bonds. The zero-order chi connectivity index (χ0) is 11.7. The molecule has 0 radical (unpaired) electrons. The van der Waals surface area contributed by atoms with Gasteiger partial charge in [-0.2, -0.15) is 0 Å². The van der Waals surface area contributed by atoms with Gasteiger partial charge in [-0.05, 0) is 31.1 Å². The minimum absolute atomic E-state index is 0.185. The Hall–Kier alpha value is -0.570. The van der Waals surface area contributed by atoms with Crippen molar-refractivity contribution >= 4 is 5.91 Å². The number of likely N-dealkylation sites (tertiary alicyclic amines) is 1. The second-order valence-corrected chi connectivity index (χ2v) is 5.70. The van der Waals surface area contributed by atoms with E-state index >= 15 is 0 Å². The lowest BCUT2D eigenvalue weighted by Gasteiger charge is -2.33. The van der Waals surface area contributed by atoms with Crippen LogP contribution in [-0.4, -0.2) is 29.4 Å². The summed E-state index contributed by atoms with van der Waals surface area (Å²) in [5, 5.41) is 0. The van der Waals surface area contributed by atoms with Gasteiger partial charge in [-0.25, -0.2) is 0 Å². The minimum Gasteiger partial charge on any atom is -0.338 e. The summed E-state index contributed by atoms with van der Waals surface area (Å²) in [6.07, 6.45) is 6.33. The maximum atomic E-state index is 12.2. The molecule has 1 aliphatic heterocycles. The van der Waals surface area contributed by atoms with Crippen LogP contribution in [0.5, 0.6) is 0 Å². The van der Waals surface area contributed by atoms with E-state index in [1.165, 1.54) is 32.1 Å². The van der Waals surface area contributed by atoms with E-state index in [4.69, 9.17) is 5.73 Å². The molecule has 3 nitrogen and oxygen atoms in total. The number of fused-ring (bicyclic) bond motifs is 1. The fourth-order valence-corrected chi connectivity index (χ4v) is 3.16.